The van der Waals surface area contributed by atoms with E-state index < -0.39 is 0 Å². The summed E-state index contributed by atoms with van der Waals surface area (Å²) < 4.78 is 0. The Morgan fingerprint density at radius 2 is 1.65 bits per heavy atom. The monoisotopic (exact) mass is 278 g/mol. The van der Waals surface area contributed by atoms with Gasteiger partial charge in [0.15, 0.2) is 0 Å². The summed E-state index contributed by atoms with van der Waals surface area (Å²) in [6.45, 7) is 3.93. The largest absolute Gasteiger partial charge is 0.273 e. The maximum atomic E-state index is 11.4. The van der Waals surface area contributed by atoms with Gasteiger partial charge in [-0.15, -0.1) is 6.58 Å². The van der Waals surface area contributed by atoms with E-state index in [1.54, 1.807) is 0 Å². The van der Waals surface area contributed by atoms with Crippen molar-refractivity contribution >= 4 is 11.8 Å². The number of amides is 2. The first-order chi connectivity index (χ1) is 9.72. The lowest BCUT2D eigenvalue weighted by Crippen LogP contribution is -2.28. The number of rotatable bonds is 9. The molecule has 0 heterocycles. The van der Waals surface area contributed by atoms with Gasteiger partial charge in [-0.2, -0.15) is 0 Å². The second-order valence-electron chi connectivity index (χ2n) is 3.92. The smallest absolute Gasteiger partial charge is 0.244 e. The van der Waals surface area contributed by atoms with Crippen molar-refractivity contribution in [2.24, 2.45) is 0 Å². The second kappa shape index (κ2) is 9.71. The van der Waals surface area contributed by atoms with Gasteiger partial charge in [-0.05, 0) is 5.56 Å². The van der Waals surface area contributed by atoms with E-state index in [0.717, 1.165) is 5.56 Å². The minimum absolute atomic E-state index is 0.0255. The molecule has 2 amide bonds. The van der Waals surface area contributed by atoms with Gasteiger partial charge < -0.3 is 0 Å². The highest BCUT2D eigenvalue weighted by molar-refractivity contribution is 5.82. The molecule has 0 spiro atoms. The van der Waals surface area contributed by atoms with Gasteiger partial charge in [-0.3, -0.25) is 19.3 Å². The van der Waals surface area contributed by atoms with E-state index in [-0.39, 0.29) is 37.9 Å². The van der Waals surface area contributed by atoms with Crippen LogP contribution in [0, 0.1) is 0 Å². The molecule has 6 heteroatoms. The first-order valence-corrected chi connectivity index (χ1v) is 6.18. The summed E-state index contributed by atoms with van der Waals surface area (Å²) in [5.74, 6) is -0.732. The lowest BCUT2D eigenvalue weighted by atomic mass is 10.2. The fraction of sp³-hybridized carbons (Fsp3) is 0.286. The van der Waals surface area contributed by atoms with Gasteiger partial charge in [0.25, 0.3) is 0 Å². The molecular weight excluding hydrogens is 260 g/mol. The Balaban J connectivity index is 2.08. The Kier molecular flexibility index (Phi) is 7.71. The molecule has 0 aliphatic heterocycles. The Labute approximate surface area is 117 Å². The third-order valence-corrected chi connectivity index (χ3v) is 2.23. The second-order valence-corrected chi connectivity index (χ2v) is 3.92. The Morgan fingerprint density at radius 1 is 1.05 bits per heavy atom. The average Bonchev–Trinajstić information content (AvgIpc) is 2.46. The number of hydrogen-bond acceptors (Lipinski definition) is 4. The molecule has 6 nitrogen and oxygen atoms in total. The van der Waals surface area contributed by atoms with Crippen LogP contribution >= 0.6 is 0 Å². The summed E-state index contributed by atoms with van der Waals surface area (Å²) in [5, 5.41) is 0. The number of carbonyl (C=O) groups excluding carboxylic acids is 2. The molecule has 1 aromatic carbocycles. The van der Waals surface area contributed by atoms with Gasteiger partial charge in [0.1, 0.15) is 0 Å². The standard InChI is InChI=1S/C14H18N2O4/c1-2-10-19-15-13(17)8-9-14(18)16-20-11-12-6-4-3-5-7-12/h2-7H,1,8-11H2,(H,15,17)(H,16,18). The zero-order valence-corrected chi connectivity index (χ0v) is 11.1. The summed E-state index contributed by atoms with van der Waals surface area (Å²) in [6, 6.07) is 9.43. The van der Waals surface area contributed by atoms with E-state index in [0.29, 0.717) is 0 Å². The van der Waals surface area contributed by atoms with Gasteiger partial charge in [0, 0.05) is 12.8 Å². The van der Waals surface area contributed by atoms with Crippen molar-refractivity contribution in [2.45, 2.75) is 19.4 Å². The maximum Gasteiger partial charge on any atom is 0.244 e. The fourth-order valence-corrected chi connectivity index (χ4v) is 1.28. The van der Waals surface area contributed by atoms with Crippen LogP contribution in [-0.2, 0) is 25.9 Å². The van der Waals surface area contributed by atoms with Crippen LogP contribution in [0.1, 0.15) is 18.4 Å². The molecule has 20 heavy (non-hydrogen) atoms. The summed E-state index contributed by atoms with van der Waals surface area (Å²) in [5.41, 5.74) is 5.42. The molecule has 1 rings (SSSR count). The molecule has 2 N–H and O–H groups in total. The van der Waals surface area contributed by atoms with E-state index in [1.807, 2.05) is 30.3 Å². The highest BCUT2D eigenvalue weighted by atomic mass is 16.7. The number of carbonyl (C=O) groups is 2. The molecule has 0 fully saturated rings. The van der Waals surface area contributed by atoms with Crippen molar-refractivity contribution in [3.05, 3.63) is 48.6 Å². The lowest BCUT2D eigenvalue weighted by Gasteiger charge is -2.06. The zero-order chi connectivity index (χ0) is 14.6. The van der Waals surface area contributed by atoms with Crippen LogP contribution in [0.3, 0.4) is 0 Å². The first-order valence-electron chi connectivity index (χ1n) is 6.18. The van der Waals surface area contributed by atoms with Crippen LogP contribution in [0.15, 0.2) is 43.0 Å². The zero-order valence-electron chi connectivity index (χ0n) is 11.1. The highest BCUT2D eigenvalue weighted by Gasteiger charge is 2.06. The molecule has 0 aliphatic carbocycles. The molecule has 0 aliphatic rings. The van der Waals surface area contributed by atoms with Crippen molar-refractivity contribution in [3.8, 4) is 0 Å². The average molecular weight is 278 g/mol. The minimum atomic E-state index is -0.370. The Morgan fingerprint density at radius 3 is 2.25 bits per heavy atom. The van der Waals surface area contributed by atoms with E-state index in [1.165, 1.54) is 6.08 Å². The van der Waals surface area contributed by atoms with Crippen LogP contribution < -0.4 is 11.0 Å². The topological polar surface area (TPSA) is 76.7 Å². The van der Waals surface area contributed by atoms with E-state index in [4.69, 9.17) is 9.68 Å². The molecule has 0 aromatic heterocycles. The van der Waals surface area contributed by atoms with Crippen molar-refractivity contribution in [2.75, 3.05) is 6.61 Å². The van der Waals surface area contributed by atoms with Gasteiger partial charge in [0.05, 0.1) is 13.2 Å². The quantitative estimate of drug-likeness (QED) is 0.405. The van der Waals surface area contributed by atoms with Crippen LogP contribution in [-0.4, -0.2) is 18.4 Å². The first kappa shape index (κ1) is 15.9. The number of nitrogens with one attached hydrogen (secondary N) is 2. The molecular formula is C14H18N2O4. The van der Waals surface area contributed by atoms with Gasteiger partial charge in [-0.1, -0.05) is 36.4 Å². The van der Waals surface area contributed by atoms with Gasteiger partial charge in [0.2, 0.25) is 11.8 Å². The van der Waals surface area contributed by atoms with Crippen LogP contribution in [0.4, 0.5) is 0 Å². The molecule has 0 unspecified atom stereocenters. The Bertz CT molecular complexity index is 434. The van der Waals surface area contributed by atoms with Crippen molar-refractivity contribution in [1.29, 1.82) is 0 Å². The number of hydrogen-bond donors (Lipinski definition) is 2. The molecule has 108 valence electrons. The molecule has 0 atom stereocenters. The molecule has 0 radical (unpaired) electrons. The SMILES string of the molecule is C=CCONC(=O)CCC(=O)NOCc1ccccc1. The van der Waals surface area contributed by atoms with Crippen LogP contribution in [0.2, 0.25) is 0 Å². The van der Waals surface area contributed by atoms with Crippen LogP contribution in [0.25, 0.3) is 0 Å². The van der Waals surface area contributed by atoms with E-state index in [9.17, 15) is 9.59 Å². The number of hydroxylamine groups is 2. The predicted octanol–water partition coefficient (Wildman–Crippen LogP) is 1.25. The van der Waals surface area contributed by atoms with E-state index >= 15 is 0 Å². The third kappa shape index (κ3) is 7.30. The summed E-state index contributed by atoms with van der Waals surface area (Å²) in [7, 11) is 0. The molecule has 0 saturated carbocycles. The minimum Gasteiger partial charge on any atom is -0.273 e. The van der Waals surface area contributed by atoms with Crippen molar-refractivity contribution < 1.29 is 19.3 Å². The fourth-order valence-electron chi connectivity index (χ4n) is 1.28. The van der Waals surface area contributed by atoms with Crippen molar-refractivity contribution in [3.63, 3.8) is 0 Å². The lowest BCUT2D eigenvalue weighted by molar-refractivity contribution is -0.139. The highest BCUT2D eigenvalue weighted by Crippen LogP contribution is 1.99. The summed E-state index contributed by atoms with van der Waals surface area (Å²) in [4.78, 5) is 32.4. The van der Waals surface area contributed by atoms with Gasteiger partial charge in [-0.25, -0.2) is 11.0 Å². The summed E-state index contributed by atoms with van der Waals surface area (Å²) in [6.07, 6.45) is 1.56. The molecule has 1 aromatic rings. The third-order valence-electron chi connectivity index (χ3n) is 2.23. The molecule has 0 saturated heterocycles. The predicted molar refractivity (Wildman–Crippen MR) is 72.9 cm³/mol. The maximum absolute atomic E-state index is 11.4. The summed E-state index contributed by atoms with van der Waals surface area (Å²) >= 11 is 0. The Hall–Kier alpha value is -2.18. The van der Waals surface area contributed by atoms with Crippen molar-refractivity contribution in [1.82, 2.24) is 11.0 Å². The number of benzene rings is 1. The van der Waals surface area contributed by atoms with Gasteiger partial charge >= 0.3 is 0 Å². The van der Waals surface area contributed by atoms with Crippen LogP contribution in [0.5, 0.6) is 0 Å². The van der Waals surface area contributed by atoms with E-state index in [2.05, 4.69) is 17.5 Å². The normalized spacial score (nSPS) is 9.80. The molecule has 0 bridgehead atoms.